The lowest BCUT2D eigenvalue weighted by Gasteiger charge is -2.23. The zero-order valence-corrected chi connectivity index (χ0v) is 18.6. The SMILES string of the molecule is NC(=O)c1c(NC(=O)CSc2nnc(C3COc4ccccc4O3)o2)sc2c1CCCC2. The van der Waals surface area contributed by atoms with Gasteiger partial charge in [0.2, 0.25) is 12.0 Å². The van der Waals surface area contributed by atoms with Crippen LogP contribution in [0.3, 0.4) is 0 Å². The van der Waals surface area contributed by atoms with Gasteiger partial charge in [0.15, 0.2) is 11.5 Å². The molecule has 9 nitrogen and oxygen atoms in total. The van der Waals surface area contributed by atoms with Crippen molar-refractivity contribution in [1.82, 2.24) is 10.2 Å². The Morgan fingerprint density at radius 2 is 2.00 bits per heavy atom. The molecule has 0 saturated heterocycles. The third-order valence-corrected chi connectivity index (χ3v) is 7.23. The molecule has 3 N–H and O–H groups in total. The standard InChI is InChI=1S/C21H20N4O5S2/c22-18(27)17-11-5-1-4-8-15(11)32-20(17)23-16(26)10-31-21-25-24-19(30-21)14-9-28-12-6-2-3-7-13(12)29-14/h2-3,6-7,14H,1,4-5,8-10H2,(H2,22,27)(H,23,26). The summed E-state index contributed by atoms with van der Waals surface area (Å²) in [6.07, 6.45) is 3.31. The number of nitrogens with two attached hydrogens (primary N) is 1. The van der Waals surface area contributed by atoms with E-state index in [0.29, 0.717) is 22.1 Å². The van der Waals surface area contributed by atoms with Crippen LogP contribution in [0, 0.1) is 0 Å². The number of nitrogens with zero attached hydrogens (tertiary/aromatic N) is 2. The molecule has 0 bridgehead atoms. The van der Waals surface area contributed by atoms with Crippen molar-refractivity contribution < 1.29 is 23.5 Å². The molecule has 0 spiro atoms. The van der Waals surface area contributed by atoms with Crippen molar-refractivity contribution in [2.24, 2.45) is 5.73 Å². The van der Waals surface area contributed by atoms with Gasteiger partial charge >= 0.3 is 0 Å². The maximum atomic E-state index is 12.5. The number of aromatic nitrogens is 2. The predicted molar refractivity (Wildman–Crippen MR) is 118 cm³/mol. The fourth-order valence-corrected chi connectivity index (χ4v) is 5.64. The molecule has 0 fully saturated rings. The summed E-state index contributed by atoms with van der Waals surface area (Å²) < 4.78 is 17.2. The highest BCUT2D eigenvalue weighted by molar-refractivity contribution is 7.99. The number of amides is 2. The first-order chi connectivity index (χ1) is 15.6. The fraction of sp³-hybridized carbons (Fsp3) is 0.333. The third kappa shape index (κ3) is 4.17. The summed E-state index contributed by atoms with van der Waals surface area (Å²) in [7, 11) is 0. The van der Waals surface area contributed by atoms with Gasteiger partial charge < -0.3 is 24.9 Å². The van der Waals surface area contributed by atoms with Crippen LogP contribution in [0.1, 0.15) is 45.6 Å². The number of fused-ring (bicyclic) bond motifs is 2. The second-order valence-electron chi connectivity index (χ2n) is 7.39. The summed E-state index contributed by atoms with van der Waals surface area (Å²) in [5.41, 5.74) is 7.01. The Kier molecular flexibility index (Phi) is 5.75. The second-order valence-corrected chi connectivity index (χ2v) is 9.42. The largest absolute Gasteiger partial charge is 0.485 e. The van der Waals surface area contributed by atoms with Crippen molar-refractivity contribution in [3.8, 4) is 11.5 Å². The number of anilines is 1. The number of hydrogen-bond donors (Lipinski definition) is 2. The van der Waals surface area contributed by atoms with Crippen LogP contribution in [0.5, 0.6) is 11.5 Å². The molecule has 1 aliphatic carbocycles. The number of thioether (sulfide) groups is 1. The molecule has 2 aromatic heterocycles. The monoisotopic (exact) mass is 472 g/mol. The maximum absolute atomic E-state index is 12.5. The number of aryl methyl sites for hydroxylation is 1. The number of thiophene rings is 1. The summed E-state index contributed by atoms with van der Waals surface area (Å²) in [5, 5.41) is 11.6. The molecule has 5 rings (SSSR count). The van der Waals surface area contributed by atoms with E-state index in [9.17, 15) is 9.59 Å². The van der Waals surface area contributed by atoms with E-state index in [0.717, 1.165) is 47.9 Å². The summed E-state index contributed by atoms with van der Waals surface area (Å²) in [4.78, 5) is 25.6. The van der Waals surface area contributed by atoms with Gasteiger partial charge in [0.1, 0.15) is 11.6 Å². The van der Waals surface area contributed by atoms with Crippen LogP contribution >= 0.6 is 23.1 Å². The molecule has 0 radical (unpaired) electrons. The zero-order chi connectivity index (χ0) is 22.1. The van der Waals surface area contributed by atoms with E-state index in [1.165, 1.54) is 11.3 Å². The van der Waals surface area contributed by atoms with E-state index in [1.807, 2.05) is 18.2 Å². The Morgan fingerprint density at radius 1 is 1.19 bits per heavy atom. The van der Waals surface area contributed by atoms with Gasteiger partial charge in [0, 0.05) is 4.88 Å². The molecule has 1 aromatic carbocycles. The van der Waals surface area contributed by atoms with Crippen molar-refractivity contribution in [3.63, 3.8) is 0 Å². The van der Waals surface area contributed by atoms with Gasteiger partial charge in [0.05, 0.1) is 11.3 Å². The molecule has 1 unspecified atom stereocenters. The minimum Gasteiger partial charge on any atom is -0.485 e. The minimum absolute atomic E-state index is 0.0489. The number of hydrogen-bond acceptors (Lipinski definition) is 9. The number of carbonyl (C=O) groups is 2. The Bertz CT molecular complexity index is 1170. The highest BCUT2D eigenvalue weighted by Crippen LogP contribution is 2.38. The fourth-order valence-electron chi connectivity index (χ4n) is 3.75. The molecule has 1 atom stereocenters. The summed E-state index contributed by atoms with van der Waals surface area (Å²) in [5.74, 6) is 0.823. The zero-order valence-electron chi connectivity index (χ0n) is 17.0. The minimum atomic E-state index is -0.517. The molecule has 2 aliphatic rings. The lowest BCUT2D eigenvalue weighted by molar-refractivity contribution is -0.113. The molecule has 1 aliphatic heterocycles. The lowest BCUT2D eigenvalue weighted by atomic mass is 9.95. The normalized spacial score (nSPS) is 16.9. The maximum Gasteiger partial charge on any atom is 0.277 e. The van der Waals surface area contributed by atoms with Crippen LogP contribution in [0.15, 0.2) is 33.9 Å². The molecular formula is C21H20N4O5S2. The molecule has 166 valence electrons. The smallest absolute Gasteiger partial charge is 0.277 e. The Labute approximate surface area is 191 Å². The highest BCUT2D eigenvalue weighted by Gasteiger charge is 2.28. The predicted octanol–water partition coefficient (Wildman–Crippen LogP) is 3.35. The van der Waals surface area contributed by atoms with Crippen LogP contribution in [-0.2, 0) is 17.6 Å². The van der Waals surface area contributed by atoms with Gasteiger partial charge in [-0.25, -0.2) is 0 Å². The first kappa shape index (κ1) is 20.8. The van der Waals surface area contributed by atoms with Crippen molar-refractivity contribution in [3.05, 3.63) is 46.2 Å². The highest BCUT2D eigenvalue weighted by atomic mass is 32.2. The van der Waals surface area contributed by atoms with Crippen molar-refractivity contribution in [2.45, 2.75) is 37.0 Å². The van der Waals surface area contributed by atoms with Gasteiger partial charge in [-0.15, -0.1) is 21.5 Å². The Morgan fingerprint density at radius 3 is 2.84 bits per heavy atom. The van der Waals surface area contributed by atoms with E-state index in [-0.39, 0.29) is 29.4 Å². The second kappa shape index (κ2) is 8.83. The quantitative estimate of drug-likeness (QED) is 0.523. The molecule has 32 heavy (non-hydrogen) atoms. The van der Waals surface area contributed by atoms with E-state index >= 15 is 0 Å². The van der Waals surface area contributed by atoms with Crippen LogP contribution < -0.4 is 20.5 Å². The van der Waals surface area contributed by atoms with Crippen LogP contribution in [-0.4, -0.2) is 34.4 Å². The van der Waals surface area contributed by atoms with Crippen LogP contribution in [0.4, 0.5) is 5.00 Å². The van der Waals surface area contributed by atoms with Gasteiger partial charge in [-0.1, -0.05) is 23.9 Å². The van der Waals surface area contributed by atoms with Crippen molar-refractivity contribution in [2.75, 3.05) is 17.7 Å². The topological polar surface area (TPSA) is 130 Å². The molecular weight excluding hydrogens is 452 g/mol. The summed E-state index contributed by atoms with van der Waals surface area (Å²) >= 11 is 2.54. The van der Waals surface area contributed by atoms with Gasteiger partial charge in [-0.2, -0.15) is 0 Å². The van der Waals surface area contributed by atoms with Crippen molar-refractivity contribution in [1.29, 1.82) is 0 Å². The summed E-state index contributed by atoms with van der Waals surface area (Å²) in [6, 6.07) is 7.35. The Balaban J connectivity index is 1.20. The first-order valence-corrected chi connectivity index (χ1v) is 12.0. The van der Waals surface area contributed by atoms with Gasteiger partial charge in [-0.05, 0) is 43.4 Å². The molecule has 3 heterocycles. The molecule has 11 heteroatoms. The third-order valence-electron chi connectivity index (χ3n) is 5.20. The number of nitrogens with one attached hydrogen (secondary N) is 1. The number of rotatable bonds is 6. The van der Waals surface area contributed by atoms with E-state index in [2.05, 4.69) is 15.5 Å². The van der Waals surface area contributed by atoms with Crippen molar-refractivity contribution >= 4 is 39.9 Å². The van der Waals surface area contributed by atoms with E-state index < -0.39 is 12.0 Å². The number of benzene rings is 1. The average molecular weight is 473 g/mol. The van der Waals surface area contributed by atoms with E-state index in [1.54, 1.807) is 6.07 Å². The number of para-hydroxylation sites is 2. The lowest BCUT2D eigenvalue weighted by Crippen LogP contribution is -2.21. The van der Waals surface area contributed by atoms with E-state index in [4.69, 9.17) is 19.6 Å². The van der Waals surface area contributed by atoms with Crippen LogP contribution in [0.25, 0.3) is 0 Å². The number of ether oxygens (including phenoxy) is 2. The van der Waals surface area contributed by atoms with Gasteiger partial charge in [-0.3, -0.25) is 9.59 Å². The Hall–Kier alpha value is -3.05. The molecule has 2 amide bonds. The van der Waals surface area contributed by atoms with Crippen LogP contribution in [0.2, 0.25) is 0 Å². The summed E-state index contributed by atoms with van der Waals surface area (Å²) in [6.45, 7) is 0.253. The average Bonchev–Trinajstić information content (AvgIpc) is 3.41. The molecule has 0 saturated carbocycles. The number of carbonyl (C=O) groups excluding carboxylic acids is 2. The van der Waals surface area contributed by atoms with Gasteiger partial charge in [0.25, 0.3) is 17.0 Å². The first-order valence-electron chi connectivity index (χ1n) is 10.2. The molecule has 3 aromatic rings. The number of primary amides is 1.